The Balaban J connectivity index is 2.05. The van der Waals surface area contributed by atoms with Crippen molar-refractivity contribution in [3.63, 3.8) is 0 Å². The van der Waals surface area contributed by atoms with Crippen LogP contribution in [-0.4, -0.2) is 49.3 Å². The summed E-state index contributed by atoms with van der Waals surface area (Å²) in [5, 5.41) is 0. The lowest BCUT2D eigenvalue weighted by Crippen LogP contribution is -2.32. The topological polar surface area (TPSA) is 65.1 Å². The van der Waals surface area contributed by atoms with Crippen LogP contribution in [0.5, 0.6) is 0 Å². The second-order valence-corrected chi connectivity index (χ2v) is 7.90. The largest absolute Gasteiger partial charge is 0.463 e. The van der Waals surface area contributed by atoms with E-state index in [0.717, 1.165) is 12.8 Å². The highest BCUT2D eigenvalue weighted by Gasteiger charge is 2.36. The van der Waals surface area contributed by atoms with E-state index in [4.69, 9.17) is 14.2 Å². The van der Waals surface area contributed by atoms with Gasteiger partial charge >= 0.3 is 11.9 Å². The molecule has 2 heterocycles. The van der Waals surface area contributed by atoms with Gasteiger partial charge < -0.3 is 19.1 Å². The van der Waals surface area contributed by atoms with Gasteiger partial charge in [0.2, 0.25) is 0 Å². The molecule has 3 rings (SSSR count). The Kier molecular flexibility index (Phi) is 7.66. The van der Waals surface area contributed by atoms with Gasteiger partial charge in [0, 0.05) is 25.6 Å². The highest BCUT2D eigenvalue weighted by molar-refractivity contribution is 9.10. The molecule has 2 aliphatic heterocycles. The third-order valence-corrected chi connectivity index (χ3v) is 5.58. The number of hydrogen-bond donors (Lipinski definition) is 0. The van der Waals surface area contributed by atoms with E-state index in [0.29, 0.717) is 29.9 Å². The van der Waals surface area contributed by atoms with Gasteiger partial charge in [0.25, 0.3) is 0 Å². The molecule has 0 spiro atoms. The molecular formula is C22H25BrFNO5. The van der Waals surface area contributed by atoms with Gasteiger partial charge in [-0.3, -0.25) is 0 Å². The van der Waals surface area contributed by atoms with Crippen molar-refractivity contribution in [1.29, 1.82) is 0 Å². The fourth-order valence-electron chi connectivity index (χ4n) is 3.66. The number of halogens is 2. The van der Waals surface area contributed by atoms with Gasteiger partial charge in [-0.15, -0.1) is 0 Å². The van der Waals surface area contributed by atoms with E-state index in [2.05, 4.69) is 15.9 Å². The Bertz CT molecular complexity index is 827. The van der Waals surface area contributed by atoms with Gasteiger partial charge in [0.1, 0.15) is 5.82 Å². The van der Waals surface area contributed by atoms with E-state index in [1.807, 2.05) is 0 Å². The maximum Gasteiger partial charge on any atom is 0.336 e. The molecular weight excluding hydrogens is 457 g/mol. The van der Waals surface area contributed by atoms with Crippen molar-refractivity contribution >= 4 is 27.9 Å². The molecule has 1 aromatic carbocycles. The molecule has 30 heavy (non-hydrogen) atoms. The van der Waals surface area contributed by atoms with Crippen LogP contribution >= 0.6 is 15.9 Å². The number of carbonyl (C=O) groups is 2. The number of nitrogens with zero attached hydrogens (tertiary/aromatic N) is 1. The number of rotatable bonds is 7. The summed E-state index contributed by atoms with van der Waals surface area (Å²) in [6, 6.07) is 4.42. The highest BCUT2D eigenvalue weighted by atomic mass is 79.9. The molecule has 0 saturated carbocycles. The van der Waals surface area contributed by atoms with Crippen LogP contribution in [0.1, 0.15) is 38.2 Å². The molecule has 0 aliphatic carbocycles. The Labute approximate surface area is 183 Å². The monoisotopic (exact) mass is 481 g/mol. The second kappa shape index (κ2) is 10.2. The van der Waals surface area contributed by atoms with Crippen molar-refractivity contribution in [2.75, 3.05) is 26.4 Å². The first-order valence-electron chi connectivity index (χ1n) is 10.0. The minimum atomic E-state index is -0.735. The molecule has 0 N–H and O–H groups in total. The normalized spacial score (nSPS) is 19.3. The first kappa shape index (κ1) is 22.5. The number of esters is 2. The minimum absolute atomic E-state index is 0.0147. The standard InChI is InChI=1S/C22H25BrFNO5/c1-3-28-21(26)16-12-25(11-15-6-5-9-30-15)13-17(22(27)29-4-2)20(16)14-7-8-19(24)18(23)10-14/h7-8,10,12-13,15,20H,3-6,9,11H2,1-2H3. The van der Waals surface area contributed by atoms with Crippen molar-refractivity contribution in [2.24, 2.45) is 0 Å². The van der Waals surface area contributed by atoms with Crippen LogP contribution in [-0.2, 0) is 23.8 Å². The fourth-order valence-corrected chi connectivity index (χ4v) is 4.06. The Morgan fingerprint density at radius 2 is 1.80 bits per heavy atom. The smallest absolute Gasteiger partial charge is 0.336 e. The fraction of sp³-hybridized carbons (Fsp3) is 0.455. The summed E-state index contributed by atoms with van der Waals surface area (Å²) in [6.45, 7) is 5.04. The first-order valence-corrected chi connectivity index (χ1v) is 10.8. The maximum atomic E-state index is 13.8. The molecule has 0 aromatic heterocycles. The molecule has 1 unspecified atom stereocenters. The average Bonchev–Trinajstić information content (AvgIpc) is 3.23. The first-order chi connectivity index (χ1) is 14.4. The molecule has 0 amide bonds. The van der Waals surface area contributed by atoms with E-state index in [1.165, 1.54) is 6.07 Å². The van der Waals surface area contributed by atoms with Crippen LogP contribution in [0.2, 0.25) is 0 Å². The van der Waals surface area contributed by atoms with E-state index in [9.17, 15) is 14.0 Å². The molecule has 2 aliphatic rings. The predicted molar refractivity (Wildman–Crippen MR) is 112 cm³/mol. The van der Waals surface area contributed by atoms with E-state index < -0.39 is 23.7 Å². The van der Waals surface area contributed by atoms with E-state index in [1.54, 1.807) is 43.3 Å². The SMILES string of the molecule is CCOC(=O)C1=CN(CC2CCCO2)C=C(C(=O)OCC)C1c1ccc(F)c(Br)c1. The molecule has 0 bridgehead atoms. The number of carbonyl (C=O) groups excluding carboxylic acids is 2. The summed E-state index contributed by atoms with van der Waals surface area (Å²) < 4.78 is 30.3. The Morgan fingerprint density at radius 1 is 1.17 bits per heavy atom. The van der Waals surface area contributed by atoms with Gasteiger partial charge in [-0.25, -0.2) is 14.0 Å². The van der Waals surface area contributed by atoms with Crippen molar-refractivity contribution < 1.29 is 28.2 Å². The van der Waals surface area contributed by atoms with Gasteiger partial charge in [-0.2, -0.15) is 0 Å². The van der Waals surface area contributed by atoms with Crippen LogP contribution in [0, 0.1) is 5.82 Å². The lowest BCUT2D eigenvalue weighted by Gasteiger charge is -2.31. The predicted octanol–water partition coefficient (Wildman–Crippen LogP) is 4.06. The zero-order valence-electron chi connectivity index (χ0n) is 17.0. The molecule has 8 heteroatoms. The summed E-state index contributed by atoms with van der Waals surface area (Å²) >= 11 is 3.19. The Morgan fingerprint density at radius 3 is 2.30 bits per heavy atom. The molecule has 1 atom stereocenters. The van der Waals surface area contributed by atoms with E-state index in [-0.39, 0.29) is 23.8 Å². The zero-order valence-corrected chi connectivity index (χ0v) is 18.6. The van der Waals surface area contributed by atoms with Crippen molar-refractivity contribution in [3.05, 3.63) is 57.6 Å². The quantitative estimate of drug-likeness (QED) is 0.547. The highest BCUT2D eigenvalue weighted by Crippen LogP contribution is 2.38. The molecule has 0 radical (unpaired) electrons. The molecule has 1 aromatic rings. The summed E-state index contributed by atoms with van der Waals surface area (Å²) in [5.41, 5.74) is 1.16. The minimum Gasteiger partial charge on any atom is -0.463 e. The third kappa shape index (κ3) is 5.10. The molecule has 1 fully saturated rings. The van der Waals surface area contributed by atoms with Gasteiger partial charge in [0.15, 0.2) is 0 Å². The van der Waals surface area contributed by atoms with Crippen LogP contribution in [0.4, 0.5) is 4.39 Å². The second-order valence-electron chi connectivity index (χ2n) is 7.05. The average molecular weight is 482 g/mol. The maximum absolute atomic E-state index is 13.8. The van der Waals surface area contributed by atoms with Crippen LogP contribution in [0.3, 0.4) is 0 Å². The Hall–Kier alpha value is -2.19. The van der Waals surface area contributed by atoms with E-state index >= 15 is 0 Å². The summed E-state index contributed by atoms with van der Waals surface area (Å²) in [5.74, 6) is -2.23. The summed E-state index contributed by atoms with van der Waals surface area (Å²) in [6.07, 6.45) is 5.28. The van der Waals surface area contributed by atoms with Gasteiger partial charge in [0.05, 0.1) is 40.9 Å². The molecule has 162 valence electrons. The number of benzene rings is 1. The van der Waals surface area contributed by atoms with Gasteiger partial charge in [-0.05, 0) is 60.3 Å². The van der Waals surface area contributed by atoms with Crippen molar-refractivity contribution in [3.8, 4) is 0 Å². The lowest BCUT2D eigenvalue weighted by atomic mass is 9.83. The van der Waals surface area contributed by atoms with Crippen molar-refractivity contribution in [2.45, 2.75) is 38.7 Å². The third-order valence-electron chi connectivity index (χ3n) is 4.97. The summed E-state index contributed by atoms with van der Waals surface area (Å²) in [7, 11) is 0. The number of ether oxygens (including phenoxy) is 3. The molecule has 6 nitrogen and oxygen atoms in total. The van der Waals surface area contributed by atoms with Gasteiger partial charge in [-0.1, -0.05) is 6.07 Å². The summed E-state index contributed by atoms with van der Waals surface area (Å²) in [4.78, 5) is 27.4. The zero-order chi connectivity index (χ0) is 21.7. The number of hydrogen-bond acceptors (Lipinski definition) is 6. The van der Waals surface area contributed by atoms with Crippen LogP contribution in [0.15, 0.2) is 46.2 Å². The van der Waals surface area contributed by atoms with Crippen molar-refractivity contribution in [1.82, 2.24) is 4.90 Å². The van der Waals surface area contributed by atoms with Crippen LogP contribution in [0.25, 0.3) is 0 Å². The lowest BCUT2D eigenvalue weighted by molar-refractivity contribution is -0.139. The molecule has 1 saturated heterocycles. The van der Waals surface area contributed by atoms with Crippen LogP contribution < -0.4 is 0 Å².